The molecule has 29 heavy (non-hydrogen) atoms. The second kappa shape index (κ2) is 7.70. The van der Waals surface area contributed by atoms with Crippen molar-refractivity contribution in [3.05, 3.63) is 50.4 Å². The van der Waals surface area contributed by atoms with Crippen LogP contribution in [0.25, 0.3) is 16.9 Å². The average molecular weight is 432 g/mol. The molecule has 0 aliphatic carbocycles. The Balaban J connectivity index is 2.37. The zero-order chi connectivity index (χ0) is 21.6. The molecule has 0 unspecified atom stereocenters. The van der Waals surface area contributed by atoms with Crippen molar-refractivity contribution >= 4 is 17.1 Å². The standard InChI is InChI=1S/C19H18ClF4N3O2/c1-5-26-17(11-7-12(21)16(29-19(23)24)14(22)13(11)20)25-27-9(4)6-10(8(2)3)15(27)18(26)28/h6-8,19H,5H2,1-4H3. The van der Waals surface area contributed by atoms with Crippen molar-refractivity contribution in [1.29, 1.82) is 0 Å². The molecular formula is C19H18ClF4N3O2. The minimum Gasteiger partial charge on any atom is -0.428 e. The topological polar surface area (TPSA) is 48.5 Å². The molecule has 3 rings (SSSR count). The number of hydrogen-bond donors (Lipinski definition) is 0. The second-order valence-corrected chi connectivity index (χ2v) is 7.15. The van der Waals surface area contributed by atoms with Crippen LogP contribution in [0.15, 0.2) is 16.9 Å². The van der Waals surface area contributed by atoms with E-state index in [1.807, 2.05) is 19.9 Å². The van der Waals surface area contributed by atoms with Crippen LogP contribution in [0, 0.1) is 18.6 Å². The van der Waals surface area contributed by atoms with E-state index in [9.17, 15) is 22.4 Å². The van der Waals surface area contributed by atoms with Crippen molar-refractivity contribution in [3.8, 4) is 17.1 Å². The molecular weight excluding hydrogens is 414 g/mol. The lowest BCUT2D eigenvalue weighted by molar-refractivity contribution is -0.0546. The number of rotatable bonds is 5. The Kier molecular flexibility index (Phi) is 5.62. The third kappa shape index (κ3) is 3.48. The molecule has 0 radical (unpaired) electrons. The zero-order valence-corrected chi connectivity index (χ0v) is 16.8. The summed E-state index contributed by atoms with van der Waals surface area (Å²) in [6.07, 6.45) is 0. The molecule has 0 atom stereocenters. The smallest absolute Gasteiger partial charge is 0.387 e. The van der Waals surface area contributed by atoms with E-state index in [1.165, 1.54) is 9.08 Å². The van der Waals surface area contributed by atoms with E-state index in [1.54, 1.807) is 13.8 Å². The maximum absolute atomic E-state index is 14.5. The van der Waals surface area contributed by atoms with Gasteiger partial charge in [0.2, 0.25) is 0 Å². The van der Waals surface area contributed by atoms with Gasteiger partial charge in [-0.05, 0) is 37.5 Å². The van der Waals surface area contributed by atoms with Gasteiger partial charge in [-0.25, -0.2) is 13.3 Å². The van der Waals surface area contributed by atoms with Gasteiger partial charge in [0.05, 0.1) is 5.02 Å². The van der Waals surface area contributed by atoms with Gasteiger partial charge in [0.15, 0.2) is 23.2 Å². The SMILES string of the molecule is CCn1c(-c2cc(F)c(OC(F)F)c(F)c2Cl)nn2c(C)cc(C(C)C)c2c1=O. The van der Waals surface area contributed by atoms with Crippen molar-refractivity contribution in [2.75, 3.05) is 0 Å². The highest BCUT2D eigenvalue weighted by Crippen LogP contribution is 2.37. The van der Waals surface area contributed by atoms with Crippen LogP contribution in [-0.4, -0.2) is 20.8 Å². The van der Waals surface area contributed by atoms with Crippen LogP contribution in [0.3, 0.4) is 0 Å². The summed E-state index contributed by atoms with van der Waals surface area (Å²) in [4.78, 5) is 13.1. The first-order chi connectivity index (χ1) is 13.6. The van der Waals surface area contributed by atoms with E-state index < -0.39 is 34.6 Å². The van der Waals surface area contributed by atoms with Gasteiger partial charge in [0.25, 0.3) is 5.56 Å². The summed E-state index contributed by atoms with van der Waals surface area (Å²) in [6, 6.07) is 2.55. The van der Waals surface area contributed by atoms with Gasteiger partial charge in [-0.3, -0.25) is 9.36 Å². The Labute approximate surface area is 168 Å². The highest BCUT2D eigenvalue weighted by Gasteiger charge is 2.26. The molecule has 0 spiro atoms. The molecule has 0 fully saturated rings. The predicted octanol–water partition coefficient (Wildman–Crippen LogP) is 5.15. The summed E-state index contributed by atoms with van der Waals surface area (Å²) in [5.74, 6) is -4.21. The molecule has 10 heteroatoms. The summed E-state index contributed by atoms with van der Waals surface area (Å²) < 4.78 is 60.1. The fourth-order valence-electron chi connectivity index (χ4n) is 3.24. The first kappa shape index (κ1) is 21.2. The number of benzene rings is 1. The van der Waals surface area contributed by atoms with E-state index in [0.29, 0.717) is 11.2 Å². The lowest BCUT2D eigenvalue weighted by Crippen LogP contribution is -2.26. The molecule has 5 nitrogen and oxygen atoms in total. The van der Waals surface area contributed by atoms with Gasteiger partial charge < -0.3 is 4.74 Å². The van der Waals surface area contributed by atoms with Crippen molar-refractivity contribution < 1.29 is 22.3 Å². The van der Waals surface area contributed by atoms with Crippen molar-refractivity contribution in [1.82, 2.24) is 14.2 Å². The summed E-state index contributed by atoms with van der Waals surface area (Å²) in [5, 5.41) is 3.71. The minimum atomic E-state index is -3.43. The third-order valence-corrected chi connectivity index (χ3v) is 4.95. The van der Waals surface area contributed by atoms with Crippen LogP contribution < -0.4 is 10.3 Å². The van der Waals surface area contributed by atoms with Crippen molar-refractivity contribution in [3.63, 3.8) is 0 Å². The molecule has 0 saturated heterocycles. The summed E-state index contributed by atoms with van der Waals surface area (Å²) in [5.41, 5.74) is 1.15. The first-order valence-electron chi connectivity index (χ1n) is 8.84. The molecule has 1 aromatic carbocycles. The quantitative estimate of drug-likeness (QED) is 0.415. The van der Waals surface area contributed by atoms with E-state index in [0.717, 1.165) is 11.6 Å². The number of fused-ring (bicyclic) bond motifs is 1. The predicted molar refractivity (Wildman–Crippen MR) is 101 cm³/mol. The first-order valence-corrected chi connectivity index (χ1v) is 9.21. The molecule has 0 N–H and O–H groups in total. The number of aromatic nitrogens is 3. The molecule has 0 bridgehead atoms. The van der Waals surface area contributed by atoms with Crippen LogP contribution in [0.5, 0.6) is 5.75 Å². The Morgan fingerprint density at radius 1 is 1.24 bits per heavy atom. The molecule has 156 valence electrons. The third-order valence-electron chi connectivity index (χ3n) is 4.58. The van der Waals surface area contributed by atoms with E-state index in [-0.39, 0.29) is 23.9 Å². The Morgan fingerprint density at radius 2 is 1.90 bits per heavy atom. The van der Waals surface area contributed by atoms with E-state index >= 15 is 0 Å². The maximum Gasteiger partial charge on any atom is 0.387 e. The molecule has 0 saturated carbocycles. The minimum absolute atomic E-state index is 0.0496. The molecule has 0 aliphatic rings. The zero-order valence-electron chi connectivity index (χ0n) is 16.1. The number of aryl methyl sites for hydroxylation is 1. The molecule has 2 heterocycles. The summed E-state index contributed by atoms with van der Waals surface area (Å²) in [7, 11) is 0. The average Bonchev–Trinajstić information content (AvgIpc) is 2.99. The number of hydrogen-bond acceptors (Lipinski definition) is 3. The number of halogens is 5. The fraction of sp³-hybridized carbons (Fsp3) is 0.368. The van der Waals surface area contributed by atoms with Crippen molar-refractivity contribution in [2.45, 2.75) is 46.8 Å². The van der Waals surface area contributed by atoms with Gasteiger partial charge in [-0.1, -0.05) is 25.4 Å². The van der Waals surface area contributed by atoms with Gasteiger partial charge in [0, 0.05) is 17.8 Å². The summed E-state index contributed by atoms with van der Waals surface area (Å²) >= 11 is 5.99. The highest BCUT2D eigenvalue weighted by atomic mass is 35.5. The van der Waals surface area contributed by atoms with Gasteiger partial charge in [0.1, 0.15) is 5.52 Å². The Morgan fingerprint density at radius 3 is 2.45 bits per heavy atom. The monoisotopic (exact) mass is 431 g/mol. The van der Waals surface area contributed by atoms with Crippen LogP contribution in [0.4, 0.5) is 17.6 Å². The number of nitrogens with zero attached hydrogens (tertiary/aromatic N) is 3. The lowest BCUT2D eigenvalue weighted by Gasteiger charge is -2.16. The van der Waals surface area contributed by atoms with Crippen LogP contribution in [-0.2, 0) is 6.54 Å². The lowest BCUT2D eigenvalue weighted by atomic mass is 10.1. The fourth-order valence-corrected chi connectivity index (χ4v) is 3.46. The van der Waals surface area contributed by atoms with E-state index in [2.05, 4.69) is 9.84 Å². The molecule has 3 aromatic rings. The highest BCUT2D eigenvalue weighted by molar-refractivity contribution is 6.33. The molecule has 2 aromatic heterocycles. The van der Waals surface area contributed by atoms with Gasteiger partial charge in [-0.2, -0.15) is 8.78 Å². The number of alkyl halides is 2. The molecule has 0 aliphatic heterocycles. The van der Waals surface area contributed by atoms with Crippen LogP contribution in [0.2, 0.25) is 5.02 Å². The maximum atomic E-state index is 14.5. The van der Waals surface area contributed by atoms with Gasteiger partial charge in [-0.15, -0.1) is 5.10 Å². The summed E-state index contributed by atoms with van der Waals surface area (Å²) in [6.45, 7) is 4.00. The molecule has 0 amide bonds. The van der Waals surface area contributed by atoms with Crippen molar-refractivity contribution in [2.24, 2.45) is 0 Å². The largest absolute Gasteiger partial charge is 0.428 e. The normalized spacial score (nSPS) is 11.8. The van der Waals surface area contributed by atoms with E-state index in [4.69, 9.17) is 11.6 Å². The number of ether oxygens (including phenoxy) is 1. The Bertz CT molecular complexity index is 1160. The Hall–Kier alpha value is -2.55. The van der Waals surface area contributed by atoms with Gasteiger partial charge >= 0.3 is 6.61 Å². The van der Waals surface area contributed by atoms with Crippen LogP contribution >= 0.6 is 11.6 Å². The van der Waals surface area contributed by atoms with Crippen LogP contribution in [0.1, 0.15) is 37.9 Å². The second-order valence-electron chi connectivity index (χ2n) is 6.77.